The lowest BCUT2D eigenvalue weighted by Crippen LogP contribution is -2.10. The van der Waals surface area contributed by atoms with Gasteiger partial charge >= 0.3 is 0 Å². The van der Waals surface area contributed by atoms with Crippen LogP contribution in [0.25, 0.3) is 5.69 Å². The van der Waals surface area contributed by atoms with Gasteiger partial charge in [0, 0.05) is 4.47 Å². The molecule has 0 aliphatic carbocycles. The topological polar surface area (TPSA) is 69.6 Å². The van der Waals surface area contributed by atoms with Gasteiger partial charge in [-0.1, -0.05) is 6.07 Å². The number of hydrogen-bond donors (Lipinski definition) is 1. The molecule has 0 saturated heterocycles. The van der Waals surface area contributed by atoms with Crippen molar-refractivity contribution >= 4 is 15.9 Å². The summed E-state index contributed by atoms with van der Waals surface area (Å²) in [5.74, 6) is -0.00725. The van der Waals surface area contributed by atoms with Crippen molar-refractivity contribution in [3.05, 3.63) is 34.3 Å². The molecule has 5 nitrogen and oxygen atoms in total. The summed E-state index contributed by atoms with van der Waals surface area (Å²) < 4.78 is 15.4. The first-order valence-electron chi connectivity index (χ1n) is 4.15. The quantitative estimate of drug-likeness (QED) is 0.886. The smallest absolute Gasteiger partial charge is 0.170 e. The molecule has 1 heterocycles. The molecule has 0 amide bonds. The van der Waals surface area contributed by atoms with Crippen LogP contribution in [0.2, 0.25) is 0 Å². The molecule has 0 aliphatic rings. The van der Waals surface area contributed by atoms with Crippen LogP contribution in [0, 0.1) is 5.82 Å². The molecule has 1 aromatic heterocycles. The molecule has 2 rings (SSSR count). The van der Waals surface area contributed by atoms with Crippen LogP contribution in [-0.2, 0) is 6.54 Å². The first kappa shape index (κ1) is 10.2. The minimum absolute atomic E-state index is 0.147. The Balaban J connectivity index is 2.63. The van der Waals surface area contributed by atoms with Crippen LogP contribution < -0.4 is 5.73 Å². The summed E-state index contributed by atoms with van der Waals surface area (Å²) in [6.45, 7) is 0.147. The van der Waals surface area contributed by atoms with Crippen molar-refractivity contribution in [1.82, 2.24) is 20.2 Å². The van der Waals surface area contributed by atoms with Gasteiger partial charge in [-0.15, -0.1) is 5.10 Å². The first-order valence-corrected chi connectivity index (χ1v) is 4.95. The highest BCUT2D eigenvalue weighted by atomic mass is 79.9. The van der Waals surface area contributed by atoms with E-state index < -0.39 is 5.82 Å². The average molecular weight is 272 g/mol. The van der Waals surface area contributed by atoms with Gasteiger partial charge in [0.2, 0.25) is 0 Å². The molecule has 0 spiro atoms. The van der Waals surface area contributed by atoms with E-state index in [1.807, 2.05) is 0 Å². The van der Waals surface area contributed by atoms with E-state index in [4.69, 9.17) is 5.73 Å². The summed E-state index contributed by atoms with van der Waals surface area (Å²) in [4.78, 5) is 0. The molecule has 0 fully saturated rings. The van der Waals surface area contributed by atoms with Crippen molar-refractivity contribution < 1.29 is 4.39 Å². The Kier molecular flexibility index (Phi) is 2.74. The second-order valence-electron chi connectivity index (χ2n) is 2.78. The van der Waals surface area contributed by atoms with Crippen molar-refractivity contribution in [3.63, 3.8) is 0 Å². The number of rotatable bonds is 2. The molecule has 0 unspecified atom stereocenters. The Morgan fingerprint density at radius 3 is 2.93 bits per heavy atom. The van der Waals surface area contributed by atoms with Crippen molar-refractivity contribution in [2.75, 3.05) is 0 Å². The predicted octanol–water partition coefficient (Wildman–Crippen LogP) is 1.02. The van der Waals surface area contributed by atoms with Gasteiger partial charge in [0.05, 0.1) is 6.54 Å². The monoisotopic (exact) mass is 271 g/mol. The van der Waals surface area contributed by atoms with Crippen LogP contribution in [0.3, 0.4) is 0 Å². The molecule has 1 aromatic carbocycles. The van der Waals surface area contributed by atoms with E-state index in [1.165, 1.54) is 10.7 Å². The fourth-order valence-corrected chi connectivity index (χ4v) is 1.71. The van der Waals surface area contributed by atoms with E-state index in [0.717, 1.165) is 0 Å². The zero-order valence-corrected chi connectivity index (χ0v) is 9.15. The van der Waals surface area contributed by atoms with Gasteiger partial charge in [0.15, 0.2) is 5.82 Å². The van der Waals surface area contributed by atoms with E-state index in [-0.39, 0.29) is 12.2 Å². The van der Waals surface area contributed by atoms with Crippen LogP contribution in [-0.4, -0.2) is 20.2 Å². The summed E-state index contributed by atoms with van der Waals surface area (Å²) in [6.07, 6.45) is 0. The molecule has 2 N–H and O–H groups in total. The third-order valence-corrected chi connectivity index (χ3v) is 2.51. The number of nitrogens with two attached hydrogens (primary N) is 1. The largest absolute Gasteiger partial charge is 0.324 e. The number of hydrogen-bond acceptors (Lipinski definition) is 4. The molecule has 0 bridgehead atoms. The number of para-hydroxylation sites is 1. The molecule has 0 saturated carbocycles. The maximum Gasteiger partial charge on any atom is 0.170 e. The van der Waals surface area contributed by atoms with Crippen molar-refractivity contribution in [2.45, 2.75) is 6.54 Å². The molecule has 15 heavy (non-hydrogen) atoms. The Morgan fingerprint density at radius 2 is 2.27 bits per heavy atom. The molecular weight excluding hydrogens is 265 g/mol. The van der Waals surface area contributed by atoms with Crippen LogP contribution >= 0.6 is 15.9 Å². The van der Waals surface area contributed by atoms with Gasteiger partial charge in [-0.05, 0) is 38.5 Å². The number of benzene rings is 1. The lowest BCUT2D eigenvalue weighted by atomic mass is 10.3. The minimum Gasteiger partial charge on any atom is -0.324 e. The summed E-state index contributed by atoms with van der Waals surface area (Å²) in [5.41, 5.74) is 5.70. The highest BCUT2D eigenvalue weighted by Crippen LogP contribution is 2.23. The van der Waals surface area contributed by atoms with Gasteiger partial charge in [-0.2, -0.15) is 4.68 Å². The zero-order chi connectivity index (χ0) is 10.8. The molecule has 78 valence electrons. The highest BCUT2D eigenvalue weighted by Gasteiger charge is 2.13. The van der Waals surface area contributed by atoms with E-state index in [2.05, 4.69) is 31.5 Å². The van der Waals surface area contributed by atoms with Crippen molar-refractivity contribution in [1.29, 1.82) is 0 Å². The second-order valence-corrected chi connectivity index (χ2v) is 3.64. The fraction of sp³-hybridized carbons (Fsp3) is 0.125. The fourth-order valence-electron chi connectivity index (χ4n) is 1.20. The number of nitrogens with zero attached hydrogens (tertiary/aromatic N) is 4. The van der Waals surface area contributed by atoms with Gasteiger partial charge in [0.25, 0.3) is 0 Å². The molecule has 2 aromatic rings. The second kappa shape index (κ2) is 4.03. The number of tetrazole rings is 1. The molecule has 0 radical (unpaired) electrons. The van der Waals surface area contributed by atoms with Gasteiger partial charge in [-0.3, -0.25) is 0 Å². The van der Waals surface area contributed by atoms with Gasteiger partial charge < -0.3 is 5.73 Å². The third kappa shape index (κ3) is 1.75. The zero-order valence-electron chi connectivity index (χ0n) is 7.56. The summed E-state index contributed by atoms with van der Waals surface area (Å²) >= 11 is 3.23. The SMILES string of the molecule is NCc1nnnn1-c1c(F)cccc1Br. The molecule has 0 aliphatic heterocycles. The molecule has 0 atom stereocenters. The standard InChI is InChI=1S/C8H7BrFN5/c9-5-2-1-3-6(10)8(5)15-7(4-11)12-13-14-15/h1-3H,4,11H2. The average Bonchev–Trinajstić information content (AvgIpc) is 2.65. The van der Waals surface area contributed by atoms with Crippen molar-refractivity contribution in [3.8, 4) is 5.69 Å². The Bertz CT molecular complexity index is 463. The van der Waals surface area contributed by atoms with E-state index in [0.29, 0.717) is 10.3 Å². The number of halogens is 2. The Labute approximate surface area is 93.2 Å². The van der Waals surface area contributed by atoms with Crippen molar-refractivity contribution in [2.24, 2.45) is 5.73 Å². The van der Waals surface area contributed by atoms with E-state index in [9.17, 15) is 4.39 Å². The number of aromatic nitrogens is 4. The maximum absolute atomic E-state index is 13.5. The molecule has 7 heteroatoms. The highest BCUT2D eigenvalue weighted by molar-refractivity contribution is 9.10. The van der Waals surface area contributed by atoms with Crippen LogP contribution in [0.5, 0.6) is 0 Å². The van der Waals surface area contributed by atoms with E-state index in [1.54, 1.807) is 12.1 Å². The Hall–Kier alpha value is -1.34. The summed E-state index contributed by atoms with van der Waals surface area (Å²) in [6, 6.07) is 4.64. The summed E-state index contributed by atoms with van der Waals surface area (Å²) in [7, 11) is 0. The lowest BCUT2D eigenvalue weighted by molar-refractivity contribution is 0.600. The minimum atomic E-state index is -0.411. The predicted molar refractivity (Wildman–Crippen MR) is 54.7 cm³/mol. The molecular formula is C8H7BrFN5. The maximum atomic E-state index is 13.5. The van der Waals surface area contributed by atoms with Crippen LogP contribution in [0.4, 0.5) is 4.39 Å². The van der Waals surface area contributed by atoms with Crippen LogP contribution in [0.15, 0.2) is 22.7 Å². The summed E-state index contributed by atoms with van der Waals surface area (Å²) in [5, 5.41) is 10.8. The third-order valence-electron chi connectivity index (χ3n) is 1.87. The lowest BCUT2D eigenvalue weighted by Gasteiger charge is -2.06. The van der Waals surface area contributed by atoms with Gasteiger partial charge in [0.1, 0.15) is 11.5 Å². The first-order chi connectivity index (χ1) is 7.24. The van der Waals surface area contributed by atoms with Gasteiger partial charge in [-0.25, -0.2) is 4.39 Å². The van der Waals surface area contributed by atoms with Crippen LogP contribution in [0.1, 0.15) is 5.82 Å². The Morgan fingerprint density at radius 1 is 1.47 bits per heavy atom. The van der Waals surface area contributed by atoms with E-state index >= 15 is 0 Å². The normalized spacial score (nSPS) is 10.6.